The lowest BCUT2D eigenvalue weighted by atomic mass is 10.2. The Labute approximate surface area is 190 Å². The smallest absolute Gasteiger partial charge is 0.160 e. The van der Waals surface area contributed by atoms with Gasteiger partial charge in [-0.05, 0) is 36.8 Å². The third-order valence-electron chi connectivity index (χ3n) is 5.68. The summed E-state index contributed by atoms with van der Waals surface area (Å²) in [6.07, 6.45) is 9.16. The molecule has 5 aromatic heterocycles. The van der Waals surface area contributed by atoms with Gasteiger partial charge in [-0.15, -0.1) is 0 Å². The van der Waals surface area contributed by atoms with E-state index in [0.29, 0.717) is 13.2 Å². The number of nitrogens with zero attached hydrogens (tertiary/aromatic N) is 8. The van der Waals surface area contributed by atoms with Crippen molar-refractivity contribution in [3.05, 3.63) is 72.9 Å². The first-order valence-electron chi connectivity index (χ1n) is 10.9. The minimum absolute atomic E-state index is 0.683. The third-order valence-corrected chi connectivity index (χ3v) is 5.68. The van der Waals surface area contributed by atoms with Crippen LogP contribution in [0.15, 0.2) is 67.4 Å². The Morgan fingerprint density at radius 2 is 1.76 bits per heavy atom. The van der Waals surface area contributed by atoms with Crippen LogP contribution >= 0.6 is 0 Å². The molecule has 0 saturated carbocycles. The second kappa shape index (κ2) is 8.10. The molecule has 1 aliphatic heterocycles. The van der Waals surface area contributed by atoms with Crippen LogP contribution in [-0.2, 0) is 4.74 Å². The van der Waals surface area contributed by atoms with Crippen LogP contribution in [0.25, 0.3) is 34.0 Å². The van der Waals surface area contributed by atoms with Crippen LogP contribution in [0.2, 0.25) is 0 Å². The highest BCUT2D eigenvalue weighted by molar-refractivity contribution is 5.66. The average Bonchev–Trinajstić information content (AvgIpc) is 3.52. The fourth-order valence-corrected chi connectivity index (χ4v) is 4.04. The minimum atomic E-state index is 0.683. The van der Waals surface area contributed by atoms with E-state index < -0.39 is 0 Å². The summed E-state index contributed by atoms with van der Waals surface area (Å²) in [6, 6.07) is 12.0. The third kappa shape index (κ3) is 3.72. The molecule has 0 atom stereocenters. The molecule has 6 rings (SSSR count). The molecule has 0 aliphatic carbocycles. The van der Waals surface area contributed by atoms with Crippen molar-refractivity contribution in [3.63, 3.8) is 0 Å². The van der Waals surface area contributed by atoms with Crippen LogP contribution in [0.1, 0.15) is 5.56 Å². The number of pyridine rings is 2. The van der Waals surface area contributed by atoms with E-state index in [-0.39, 0.29) is 0 Å². The van der Waals surface area contributed by atoms with Gasteiger partial charge in [0.05, 0.1) is 24.6 Å². The van der Waals surface area contributed by atoms with Gasteiger partial charge in [-0.25, -0.2) is 9.67 Å². The number of morpholine rings is 1. The zero-order chi connectivity index (χ0) is 22.2. The molecule has 1 aliphatic rings. The Balaban J connectivity index is 1.47. The zero-order valence-electron chi connectivity index (χ0n) is 18.2. The summed E-state index contributed by atoms with van der Waals surface area (Å²) in [6.45, 7) is 4.97. The van der Waals surface area contributed by atoms with Crippen molar-refractivity contribution in [2.24, 2.45) is 0 Å². The number of ether oxygens (including phenoxy) is 1. The van der Waals surface area contributed by atoms with E-state index in [1.165, 1.54) is 0 Å². The second-order valence-corrected chi connectivity index (χ2v) is 8.01. The van der Waals surface area contributed by atoms with E-state index in [0.717, 1.165) is 58.5 Å². The largest absolute Gasteiger partial charge is 0.378 e. The molecule has 5 aromatic rings. The molecule has 9 heteroatoms. The van der Waals surface area contributed by atoms with Crippen molar-refractivity contribution in [2.75, 3.05) is 31.2 Å². The van der Waals surface area contributed by atoms with Crippen molar-refractivity contribution >= 4 is 11.5 Å². The molecule has 164 valence electrons. The van der Waals surface area contributed by atoms with Gasteiger partial charge in [0.1, 0.15) is 5.82 Å². The molecule has 1 saturated heterocycles. The quantitative estimate of drug-likeness (QED) is 0.426. The molecule has 0 spiro atoms. The van der Waals surface area contributed by atoms with E-state index in [1.54, 1.807) is 10.9 Å². The van der Waals surface area contributed by atoms with E-state index in [1.807, 2.05) is 66.6 Å². The number of fused-ring (bicyclic) bond motifs is 1. The van der Waals surface area contributed by atoms with Crippen LogP contribution in [0.3, 0.4) is 0 Å². The highest BCUT2D eigenvalue weighted by Gasteiger charge is 2.19. The molecular weight excluding hydrogens is 416 g/mol. The van der Waals surface area contributed by atoms with Crippen LogP contribution in [0, 0.1) is 6.92 Å². The summed E-state index contributed by atoms with van der Waals surface area (Å²) in [7, 11) is 0. The van der Waals surface area contributed by atoms with Crippen LogP contribution in [0.4, 0.5) is 5.82 Å². The molecule has 6 heterocycles. The second-order valence-electron chi connectivity index (χ2n) is 8.01. The summed E-state index contributed by atoms with van der Waals surface area (Å²) in [5.74, 6) is 1.69. The molecule has 1 fully saturated rings. The SMILES string of the molecule is Cc1cncc(-c2ccn(-c3cc(N4CCOCC4)n4nc(-c5cccnc5)cc4n3)n2)c1. The Kier molecular flexibility index (Phi) is 4.80. The highest BCUT2D eigenvalue weighted by atomic mass is 16.5. The van der Waals surface area contributed by atoms with Crippen molar-refractivity contribution in [1.82, 2.24) is 34.3 Å². The fourth-order valence-electron chi connectivity index (χ4n) is 4.04. The fraction of sp³-hybridized carbons (Fsp3) is 0.208. The average molecular weight is 438 g/mol. The number of aromatic nitrogens is 7. The van der Waals surface area contributed by atoms with Gasteiger partial charge < -0.3 is 9.64 Å². The van der Waals surface area contributed by atoms with Gasteiger partial charge in [0.15, 0.2) is 11.5 Å². The molecular formula is C24H22N8O. The Bertz CT molecular complexity index is 1420. The van der Waals surface area contributed by atoms with E-state index in [4.69, 9.17) is 19.9 Å². The molecule has 0 bridgehead atoms. The van der Waals surface area contributed by atoms with Crippen molar-refractivity contribution in [1.29, 1.82) is 0 Å². The van der Waals surface area contributed by atoms with Crippen molar-refractivity contribution in [3.8, 4) is 28.3 Å². The maximum absolute atomic E-state index is 5.57. The monoisotopic (exact) mass is 438 g/mol. The van der Waals surface area contributed by atoms with Crippen molar-refractivity contribution < 1.29 is 4.74 Å². The number of aryl methyl sites for hydroxylation is 1. The first-order chi connectivity index (χ1) is 16.2. The lowest BCUT2D eigenvalue weighted by Gasteiger charge is -2.29. The lowest BCUT2D eigenvalue weighted by molar-refractivity contribution is 0.122. The van der Waals surface area contributed by atoms with Crippen molar-refractivity contribution in [2.45, 2.75) is 6.92 Å². The first-order valence-corrected chi connectivity index (χ1v) is 10.9. The Morgan fingerprint density at radius 1 is 0.879 bits per heavy atom. The Hall–Kier alpha value is -4.11. The highest BCUT2D eigenvalue weighted by Crippen LogP contribution is 2.26. The van der Waals surface area contributed by atoms with Gasteiger partial charge in [0.2, 0.25) is 0 Å². The van der Waals surface area contributed by atoms with Gasteiger partial charge in [0.25, 0.3) is 0 Å². The molecule has 0 radical (unpaired) electrons. The summed E-state index contributed by atoms with van der Waals surface area (Å²) < 4.78 is 9.26. The normalized spacial score (nSPS) is 14.2. The lowest BCUT2D eigenvalue weighted by Crippen LogP contribution is -2.37. The number of hydrogen-bond acceptors (Lipinski definition) is 7. The Morgan fingerprint density at radius 3 is 2.58 bits per heavy atom. The van der Waals surface area contributed by atoms with Gasteiger partial charge in [-0.2, -0.15) is 14.7 Å². The predicted molar refractivity (Wildman–Crippen MR) is 124 cm³/mol. The van der Waals surface area contributed by atoms with Gasteiger partial charge in [-0.1, -0.05) is 0 Å². The minimum Gasteiger partial charge on any atom is -0.378 e. The molecule has 9 nitrogen and oxygen atoms in total. The molecule has 0 amide bonds. The summed E-state index contributed by atoms with van der Waals surface area (Å²) in [5.41, 5.74) is 5.46. The molecule has 0 unspecified atom stereocenters. The van der Waals surface area contributed by atoms with E-state index >= 15 is 0 Å². The molecule has 0 aromatic carbocycles. The maximum Gasteiger partial charge on any atom is 0.160 e. The summed E-state index contributed by atoms with van der Waals surface area (Å²) >= 11 is 0. The number of hydrogen-bond donors (Lipinski definition) is 0. The van der Waals surface area contributed by atoms with E-state index in [2.05, 4.69) is 20.9 Å². The van der Waals surface area contributed by atoms with Gasteiger partial charge in [-0.3, -0.25) is 9.97 Å². The van der Waals surface area contributed by atoms with Gasteiger partial charge >= 0.3 is 0 Å². The van der Waals surface area contributed by atoms with Crippen LogP contribution < -0.4 is 4.90 Å². The number of rotatable bonds is 4. The van der Waals surface area contributed by atoms with Crippen LogP contribution in [0.5, 0.6) is 0 Å². The first kappa shape index (κ1) is 19.6. The zero-order valence-corrected chi connectivity index (χ0v) is 18.2. The molecule has 0 N–H and O–H groups in total. The standard InChI is InChI=1S/C24H22N8O/c1-17-11-19(16-26-14-17)20-4-6-31(28-20)22-13-24(30-7-9-33-10-8-30)32-23(27-22)12-21(29-32)18-3-2-5-25-15-18/h2-6,11-16H,7-10H2,1H3. The summed E-state index contributed by atoms with van der Waals surface area (Å²) in [5, 5.41) is 9.63. The topological polar surface area (TPSA) is 86.3 Å². The maximum atomic E-state index is 5.57. The van der Waals surface area contributed by atoms with Gasteiger partial charge in [0, 0.05) is 67.3 Å². The number of anilines is 1. The predicted octanol–water partition coefficient (Wildman–Crippen LogP) is 3.18. The molecule has 33 heavy (non-hydrogen) atoms. The summed E-state index contributed by atoms with van der Waals surface area (Å²) in [4.78, 5) is 15.7. The van der Waals surface area contributed by atoms with E-state index in [9.17, 15) is 0 Å². The van der Waals surface area contributed by atoms with Crippen LogP contribution in [-0.4, -0.2) is 60.6 Å².